The lowest BCUT2D eigenvalue weighted by molar-refractivity contribution is 0.145. The summed E-state index contributed by atoms with van der Waals surface area (Å²) in [7, 11) is 0. The van der Waals surface area contributed by atoms with Crippen LogP contribution in [0, 0.1) is 11.3 Å². The average Bonchev–Trinajstić information content (AvgIpc) is 2.28. The molecule has 1 saturated heterocycles. The van der Waals surface area contributed by atoms with Gasteiger partial charge in [-0.1, -0.05) is 24.6 Å². The Morgan fingerprint density at radius 1 is 1.53 bits per heavy atom. The van der Waals surface area contributed by atoms with Crippen molar-refractivity contribution in [1.82, 2.24) is 10.2 Å². The highest BCUT2D eigenvalue weighted by atomic mass is 35.5. The Morgan fingerprint density at radius 3 is 2.76 bits per heavy atom. The number of hydrogen-bond acceptors (Lipinski definition) is 3. The summed E-state index contributed by atoms with van der Waals surface area (Å²) in [4.78, 5) is 2.41. The summed E-state index contributed by atoms with van der Waals surface area (Å²) in [6, 6.07) is 8.24. The van der Waals surface area contributed by atoms with Crippen molar-refractivity contribution in [2.24, 2.45) is 0 Å². The van der Waals surface area contributed by atoms with Gasteiger partial charge in [0.1, 0.15) is 0 Å². The largest absolute Gasteiger partial charge is 0.314 e. The highest BCUT2D eigenvalue weighted by molar-refractivity contribution is 6.31. The number of hydrogen-bond donors (Lipinski definition) is 1. The Balaban J connectivity index is 2.09. The molecule has 0 atom stereocenters. The minimum Gasteiger partial charge on any atom is -0.314 e. The molecule has 1 aromatic rings. The molecule has 0 saturated carbocycles. The molecule has 90 valence electrons. The first kappa shape index (κ1) is 12.4. The van der Waals surface area contributed by atoms with Gasteiger partial charge in [-0.05, 0) is 24.2 Å². The summed E-state index contributed by atoms with van der Waals surface area (Å²) in [6.07, 6.45) is 0. The monoisotopic (exact) mass is 249 g/mol. The Morgan fingerprint density at radius 2 is 2.29 bits per heavy atom. The summed E-state index contributed by atoms with van der Waals surface area (Å²) in [5, 5.41) is 12.8. The molecule has 0 bridgehead atoms. The van der Waals surface area contributed by atoms with Gasteiger partial charge < -0.3 is 5.32 Å². The zero-order valence-corrected chi connectivity index (χ0v) is 10.7. The number of benzene rings is 1. The van der Waals surface area contributed by atoms with Crippen molar-refractivity contribution >= 4 is 11.6 Å². The maximum absolute atomic E-state index is 8.79. The zero-order chi connectivity index (χ0) is 12.3. The molecule has 1 aliphatic rings. The van der Waals surface area contributed by atoms with Crippen LogP contribution in [0.15, 0.2) is 18.2 Å². The first-order valence-electron chi connectivity index (χ1n) is 5.88. The zero-order valence-electron chi connectivity index (χ0n) is 9.91. The van der Waals surface area contributed by atoms with Gasteiger partial charge >= 0.3 is 0 Å². The van der Waals surface area contributed by atoms with E-state index in [4.69, 9.17) is 16.9 Å². The molecule has 0 amide bonds. The molecule has 0 unspecified atom stereocenters. The predicted molar refractivity (Wildman–Crippen MR) is 68.9 cm³/mol. The second-order valence-electron chi connectivity index (χ2n) is 4.29. The lowest BCUT2D eigenvalue weighted by atomic mass is 10.1. The standard InChI is InChI=1S/C13H16ClN3/c1-2-17(12-7-16-8-12)9-11-4-3-10(6-15)5-13(11)14/h3-5,12,16H,2,7-9H2,1H3. The van der Waals surface area contributed by atoms with Crippen molar-refractivity contribution in [3.8, 4) is 6.07 Å². The molecule has 2 rings (SSSR count). The summed E-state index contributed by atoms with van der Waals surface area (Å²) >= 11 is 6.18. The maximum atomic E-state index is 8.79. The Labute approximate surface area is 107 Å². The minimum atomic E-state index is 0.617. The van der Waals surface area contributed by atoms with Crippen LogP contribution in [0.5, 0.6) is 0 Å². The number of nitriles is 1. The third-order valence-corrected chi connectivity index (χ3v) is 3.59. The van der Waals surface area contributed by atoms with Crippen molar-refractivity contribution in [1.29, 1.82) is 5.26 Å². The molecule has 1 fully saturated rings. The molecule has 1 aromatic carbocycles. The van der Waals surface area contributed by atoms with Crippen LogP contribution in [-0.4, -0.2) is 30.6 Å². The van der Waals surface area contributed by atoms with Crippen molar-refractivity contribution < 1.29 is 0 Å². The highest BCUT2D eigenvalue weighted by Crippen LogP contribution is 2.20. The summed E-state index contributed by atoms with van der Waals surface area (Å²) in [5.41, 5.74) is 1.71. The van der Waals surface area contributed by atoms with E-state index in [1.807, 2.05) is 12.1 Å². The van der Waals surface area contributed by atoms with Gasteiger partial charge in [0.25, 0.3) is 0 Å². The van der Waals surface area contributed by atoms with Crippen molar-refractivity contribution in [3.63, 3.8) is 0 Å². The fourth-order valence-electron chi connectivity index (χ4n) is 1.99. The van der Waals surface area contributed by atoms with E-state index in [1.54, 1.807) is 6.07 Å². The minimum absolute atomic E-state index is 0.617. The van der Waals surface area contributed by atoms with E-state index in [0.717, 1.165) is 31.7 Å². The van der Waals surface area contributed by atoms with Crippen LogP contribution >= 0.6 is 11.6 Å². The first-order chi connectivity index (χ1) is 8.24. The molecule has 0 spiro atoms. The first-order valence-corrected chi connectivity index (χ1v) is 6.25. The second kappa shape index (κ2) is 5.50. The Kier molecular flexibility index (Phi) is 4.01. The molecular weight excluding hydrogens is 234 g/mol. The molecule has 1 heterocycles. The van der Waals surface area contributed by atoms with Crippen molar-refractivity contribution in [2.75, 3.05) is 19.6 Å². The highest BCUT2D eigenvalue weighted by Gasteiger charge is 2.23. The van der Waals surface area contributed by atoms with Gasteiger partial charge in [-0.2, -0.15) is 5.26 Å². The van der Waals surface area contributed by atoms with Gasteiger partial charge in [0.2, 0.25) is 0 Å². The SMILES string of the molecule is CCN(Cc1ccc(C#N)cc1Cl)C1CNC1. The molecule has 4 heteroatoms. The summed E-state index contributed by atoms with van der Waals surface area (Å²) in [6.45, 7) is 6.15. The van der Waals surface area contributed by atoms with E-state index in [2.05, 4.69) is 23.2 Å². The van der Waals surface area contributed by atoms with Crippen LogP contribution in [0.2, 0.25) is 5.02 Å². The molecular formula is C13H16ClN3. The molecule has 0 aromatic heterocycles. The second-order valence-corrected chi connectivity index (χ2v) is 4.70. The van der Waals surface area contributed by atoms with Crippen LogP contribution in [0.3, 0.4) is 0 Å². The van der Waals surface area contributed by atoms with E-state index in [9.17, 15) is 0 Å². The van der Waals surface area contributed by atoms with E-state index < -0.39 is 0 Å². The third-order valence-electron chi connectivity index (χ3n) is 3.24. The number of nitrogens with zero attached hydrogens (tertiary/aromatic N) is 2. The van der Waals surface area contributed by atoms with E-state index >= 15 is 0 Å². The van der Waals surface area contributed by atoms with Gasteiger partial charge in [-0.3, -0.25) is 4.90 Å². The number of halogens is 1. The van der Waals surface area contributed by atoms with Gasteiger partial charge in [0.05, 0.1) is 11.6 Å². The average molecular weight is 250 g/mol. The third kappa shape index (κ3) is 2.78. The summed E-state index contributed by atoms with van der Waals surface area (Å²) in [5.74, 6) is 0. The van der Waals surface area contributed by atoms with Gasteiger partial charge in [-0.15, -0.1) is 0 Å². The normalized spacial score (nSPS) is 15.6. The van der Waals surface area contributed by atoms with Crippen molar-refractivity contribution in [3.05, 3.63) is 34.3 Å². The maximum Gasteiger partial charge on any atom is 0.0992 e. The fraction of sp³-hybridized carbons (Fsp3) is 0.462. The van der Waals surface area contributed by atoms with Crippen LogP contribution in [-0.2, 0) is 6.54 Å². The molecule has 1 N–H and O–H groups in total. The lowest BCUT2D eigenvalue weighted by Crippen LogP contribution is -2.56. The molecule has 1 aliphatic heterocycles. The van der Waals surface area contributed by atoms with Gasteiger partial charge in [0.15, 0.2) is 0 Å². The topological polar surface area (TPSA) is 39.1 Å². The lowest BCUT2D eigenvalue weighted by Gasteiger charge is -2.37. The Hall–Kier alpha value is -1.08. The van der Waals surface area contributed by atoms with E-state index in [-0.39, 0.29) is 0 Å². The molecule has 3 nitrogen and oxygen atoms in total. The summed E-state index contributed by atoms with van der Waals surface area (Å²) < 4.78 is 0. The van der Waals surface area contributed by atoms with Crippen LogP contribution in [0.4, 0.5) is 0 Å². The smallest absolute Gasteiger partial charge is 0.0992 e. The van der Waals surface area contributed by atoms with Crippen molar-refractivity contribution in [2.45, 2.75) is 19.5 Å². The van der Waals surface area contributed by atoms with Crippen LogP contribution in [0.25, 0.3) is 0 Å². The molecule has 0 aliphatic carbocycles. The van der Waals surface area contributed by atoms with E-state index in [1.165, 1.54) is 0 Å². The van der Waals surface area contributed by atoms with E-state index in [0.29, 0.717) is 16.6 Å². The van der Waals surface area contributed by atoms with Crippen LogP contribution < -0.4 is 5.32 Å². The number of rotatable bonds is 4. The molecule has 0 radical (unpaired) electrons. The van der Waals surface area contributed by atoms with Gasteiger partial charge in [0, 0.05) is 30.7 Å². The Bertz CT molecular complexity index is 435. The number of nitrogens with one attached hydrogen (secondary N) is 1. The van der Waals surface area contributed by atoms with Gasteiger partial charge in [-0.25, -0.2) is 0 Å². The number of likely N-dealkylation sites (N-methyl/N-ethyl adjacent to an activating group) is 1. The fourth-order valence-corrected chi connectivity index (χ4v) is 2.23. The van der Waals surface area contributed by atoms with Crippen LogP contribution in [0.1, 0.15) is 18.1 Å². The molecule has 17 heavy (non-hydrogen) atoms. The quantitative estimate of drug-likeness (QED) is 0.887. The predicted octanol–water partition coefficient (Wildman–Crippen LogP) is 2.01.